The van der Waals surface area contributed by atoms with Crippen LogP contribution in [0.3, 0.4) is 0 Å². The Bertz CT molecular complexity index is 512. The Balaban J connectivity index is 1.50. The molecule has 6 saturated carbocycles. The van der Waals surface area contributed by atoms with E-state index in [-0.39, 0.29) is 0 Å². The van der Waals surface area contributed by atoms with Crippen LogP contribution in [-0.2, 0) is 0 Å². The summed E-state index contributed by atoms with van der Waals surface area (Å²) in [5, 5.41) is 0. The summed E-state index contributed by atoms with van der Waals surface area (Å²) in [7, 11) is 0. The van der Waals surface area contributed by atoms with Gasteiger partial charge in [-0.25, -0.2) is 0 Å². The van der Waals surface area contributed by atoms with E-state index in [1.165, 1.54) is 0 Å². The summed E-state index contributed by atoms with van der Waals surface area (Å²) in [6, 6.07) is 0. The highest BCUT2D eigenvalue weighted by atomic mass is 14.8. The molecule has 27 heavy (non-hydrogen) atoms. The van der Waals surface area contributed by atoms with Crippen LogP contribution >= 0.6 is 0 Å². The molecule has 10 atom stereocenters. The predicted molar refractivity (Wildman–Crippen MR) is 113 cm³/mol. The Morgan fingerprint density at radius 1 is 0.444 bits per heavy atom. The molecule has 1 spiro atoms. The second-order valence-electron chi connectivity index (χ2n) is 12.5. The standard InChI is InChI=1S/C27H44/c1-17-11-13-21-22-14-12-18(2)16-26(22)27(25(21)15-17)23-9-5-3-7-19(23)20-8-4-6-10-24(20)27/h17-26H,3-16H2,1-2H3. The average molecular weight is 369 g/mol. The van der Waals surface area contributed by atoms with Gasteiger partial charge < -0.3 is 0 Å². The van der Waals surface area contributed by atoms with Crippen molar-refractivity contribution in [3.63, 3.8) is 0 Å². The lowest BCUT2D eigenvalue weighted by Gasteiger charge is -2.52. The fraction of sp³-hybridized carbons (Fsp3) is 1.00. The van der Waals surface area contributed by atoms with Crippen molar-refractivity contribution in [3.8, 4) is 0 Å². The summed E-state index contributed by atoms with van der Waals surface area (Å²) in [5.74, 6) is 11.2. The molecule has 0 amide bonds. The Labute approximate surface area is 168 Å². The first-order valence-corrected chi connectivity index (χ1v) is 13.2. The maximum absolute atomic E-state index is 2.61. The third-order valence-corrected chi connectivity index (χ3v) is 11.6. The SMILES string of the molecule is CC1CCC2C3CCC(C)CC3C3(C4CCCCC4C4CCCCC43)C2C1. The van der Waals surface area contributed by atoms with Crippen molar-refractivity contribution < 1.29 is 0 Å². The Kier molecular flexibility index (Phi) is 4.29. The van der Waals surface area contributed by atoms with Crippen LogP contribution in [0.2, 0.25) is 0 Å². The van der Waals surface area contributed by atoms with E-state index in [1.54, 1.807) is 89.9 Å². The van der Waals surface area contributed by atoms with Crippen LogP contribution in [0.5, 0.6) is 0 Å². The van der Waals surface area contributed by atoms with Gasteiger partial charge in [0.25, 0.3) is 0 Å². The molecule has 0 bridgehead atoms. The number of hydrogen-bond acceptors (Lipinski definition) is 0. The second-order valence-corrected chi connectivity index (χ2v) is 12.5. The van der Waals surface area contributed by atoms with Crippen molar-refractivity contribution >= 4 is 0 Å². The van der Waals surface area contributed by atoms with E-state index in [9.17, 15) is 0 Å². The van der Waals surface area contributed by atoms with E-state index < -0.39 is 0 Å². The summed E-state index contributed by atoms with van der Waals surface area (Å²) >= 11 is 0. The van der Waals surface area contributed by atoms with Crippen LogP contribution in [0.1, 0.15) is 104 Å². The smallest absolute Gasteiger partial charge is 0.0173 e. The molecular formula is C27H44. The van der Waals surface area contributed by atoms with Gasteiger partial charge in [-0.3, -0.25) is 0 Å². The van der Waals surface area contributed by atoms with Gasteiger partial charge in [-0.05, 0) is 116 Å². The van der Waals surface area contributed by atoms with E-state index in [0.717, 1.165) is 64.6 Å². The van der Waals surface area contributed by atoms with Gasteiger partial charge in [0.15, 0.2) is 0 Å². The fourth-order valence-electron chi connectivity index (χ4n) is 11.2. The highest BCUT2D eigenvalue weighted by molar-refractivity contribution is 5.19. The first-order chi connectivity index (χ1) is 13.2. The van der Waals surface area contributed by atoms with Gasteiger partial charge >= 0.3 is 0 Å². The van der Waals surface area contributed by atoms with Crippen LogP contribution in [0, 0.1) is 64.6 Å². The maximum atomic E-state index is 2.61. The molecule has 6 aliphatic rings. The van der Waals surface area contributed by atoms with Crippen molar-refractivity contribution in [3.05, 3.63) is 0 Å². The predicted octanol–water partition coefficient (Wildman–Crippen LogP) is 7.72. The zero-order valence-electron chi connectivity index (χ0n) is 18.2. The van der Waals surface area contributed by atoms with Crippen molar-refractivity contribution in [2.45, 2.75) is 104 Å². The van der Waals surface area contributed by atoms with E-state index in [2.05, 4.69) is 13.8 Å². The number of rotatable bonds is 0. The fourth-order valence-corrected chi connectivity index (χ4v) is 11.2. The van der Waals surface area contributed by atoms with Crippen molar-refractivity contribution in [2.75, 3.05) is 0 Å². The van der Waals surface area contributed by atoms with Crippen molar-refractivity contribution in [1.82, 2.24) is 0 Å². The van der Waals surface area contributed by atoms with E-state index in [4.69, 9.17) is 0 Å². The normalized spacial score (nSPS) is 59.8. The summed E-state index contributed by atoms with van der Waals surface area (Å²) in [5.41, 5.74) is 0.814. The average Bonchev–Trinajstić information content (AvgIpc) is 3.14. The van der Waals surface area contributed by atoms with E-state index >= 15 is 0 Å². The van der Waals surface area contributed by atoms with Crippen LogP contribution in [0.25, 0.3) is 0 Å². The zero-order valence-corrected chi connectivity index (χ0v) is 18.2. The monoisotopic (exact) mass is 368 g/mol. The third-order valence-electron chi connectivity index (χ3n) is 11.6. The minimum atomic E-state index is 0.814. The Morgan fingerprint density at radius 3 is 1.33 bits per heavy atom. The molecule has 0 aromatic carbocycles. The van der Waals surface area contributed by atoms with Crippen molar-refractivity contribution in [2.24, 2.45) is 64.6 Å². The van der Waals surface area contributed by atoms with Gasteiger partial charge in [0.1, 0.15) is 0 Å². The molecule has 0 nitrogen and oxygen atoms in total. The van der Waals surface area contributed by atoms with Crippen LogP contribution in [-0.4, -0.2) is 0 Å². The van der Waals surface area contributed by atoms with Gasteiger partial charge in [0.2, 0.25) is 0 Å². The molecule has 0 heterocycles. The number of fused-ring (bicyclic) bond motifs is 10. The lowest BCUT2D eigenvalue weighted by molar-refractivity contribution is -0.0462. The summed E-state index contributed by atoms with van der Waals surface area (Å²) in [4.78, 5) is 0. The molecular weight excluding hydrogens is 324 g/mol. The van der Waals surface area contributed by atoms with Crippen LogP contribution in [0.4, 0.5) is 0 Å². The molecule has 0 N–H and O–H groups in total. The molecule has 152 valence electrons. The molecule has 0 aliphatic heterocycles. The van der Waals surface area contributed by atoms with Crippen molar-refractivity contribution in [1.29, 1.82) is 0 Å². The van der Waals surface area contributed by atoms with Gasteiger partial charge in [0.05, 0.1) is 0 Å². The quantitative estimate of drug-likeness (QED) is 0.410. The van der Waals surface area contributed by atoms with Gasteiger partial charge in [-0.1, -0.05) is 52.4 Å². The summed E-state index contributed by atoms with van der Waals surface area (Å²) in [6.07, 6.45) is 22.3. The molecule has 0 aromatic heterocycles. The topological polar surface area (TPSA) is 0 Å². The van der Waals surface area contributed by atoms with Crippen LogP contribution in [0.15, 0.2) is 0 Å². The molecule has 0 radical (unpaired) electrons. The molecule has 6 aliphatic carbocycles. The minimum Gasteiger partial charge on any atom is -0.0625 e. The molecule has 6 rings (SSSR count). The lowest BCUT2D eigenvalue weighted by Crippen LogP contribution is -2.47. The molecule has 0 aromatic rings. The summed E-state index contributed by atoms with van der Waals surface area (Å²) < 4.78 is 0. The number of hydrogen-bond donors (Lipinski definition) is 0. The molecule has 0 saturated heterocycles. The highest BCUT2D eigenvalue weighted by Crippen LogP contribution is 2.77. The third kappa shape index (κ3) is 2.34. The Morgan fingerprint density at radius 2 is 0.852 bits per heavy atom. The van der Waals surface area contributed by atoms with Gasteiger partial charge in [-0.2, -0.15) is 0 Å². The first kappa shape index (κ1) is 17.8. The molecule has 0 heteroatoms. The molecule has 10 unspecified atom stereocenters. The van der Waals surface area contributed by atoms with Crippen LogP contribution < -0.4 is 0 Å². The summed E-state index contributed by atoms with van der Waals surface area (Å²) in [6.45, 7) is 5.22. The lowest BCUT2D eigenvalue weighted by atomic mass is 9.52. The van der Waals surface area contributed by atoms with E-state index in [1.807, 2.05) is 0 Å². The van der Waals surface area contributed by atoms with E-state index in [0.29, 0.717) is 0 Å². The second kappa shape index (κ2) is 6.50. The molecule has 6 fully saturated rings. The minimum absolute atomic E-state index is 0.814. The zero-order chi connectivity index (χ0) is 18.2. The largest absolute Gasteiger partial charge is 0.0625 e. The Hall–Kier alpha value is 0. The van der Waals surface area contributed by atoms with Gasteiger partial charge in [0, 0.05) is 0 Å². The maximum Gasteiger partial charge on any atom is -0.0173 e. The highest BCUT2D eigenvalue weighted by Gasteiger charge is 2.71. The van der Waals surface area contributed by atoms with Gasteiger partial charge in [-0.15, -0.1) is 0 Å². The first-order valence-electron chi connectivity index (χ1n) is 13.2.